The topological polar surface area (TPSA) is 143 Å². The van der Waals surface area contributed by atoms with Crippen LogP contribution in [0.5, 0.6) is 11.5 Å². The van der Waals surface area contributed by atoms with Crippen molar-refractivity contribution in [1.82, 2.24) is 30.3 Å². The van der Waals surface area contributed by atoms with E-state index in [0.29, 0.717) is 31.6 Å². The van der Waals surface area contributed by atoms with Gasteiger partial charge in [-0.1, -0.05) is 24.0 Å². The van der Waals surface area contributed by atoms with E-state index >= 15 is 0 Å². The van der Waals surface area contributed by atoms with Gasteiger partial charge in [0, 0.05) is 52.7 Å². The Balaban J connectivity index is 0.753. The maximum Gasteiger partial charge on any atom is 0.573 e. The van der Waals surface area contributed by atoms with Crippen LogP contribution in [0.2, 0.25) is 0 Å². The highest BCUT2D eigenvalue weighted by atomic mass is 32.1. The molecule has 0 bridgehead atoms. The molecule has 5 heterocycles. The van der Waals surface area contributed by atoms with Gasteiger partial charge >= 0.3 is 6.36 Å². The minimum atomic E-state index is -4.93. The summed E-state index contributed by atoms with van der Waals surface area (Å²) in [5.74, 6) is 9.19. The van der Waals surface area contributed by atoms with Crippen molar-refractivity contribution < 1.29 is 27.4 Å². The van der Waals surface area contributed by atoms with Gasteiger partial charge in [0.1, 0.15) is 28.2 Å². The van der Waals surface area contributed by atoms with Crippen molar-refractivity contribution in [1.29, 1.82) is 5.26 Å². The highest BCUT2D eigenvalue weighted by Gasteiger charge is 2.51. The molecule has 1 N–H and O–H groups in total. The van der Waals surface area contributed by atoms with Gasteiger partial charge in [-0.3, -0.25) is 14.4 Å². The number of rotatable bonds is 7. The third kappa shape index (κ3) is 9.00. The molecule has 0 atom stereocenters. The molecule has 2 aliphatic carbocycles. The van der Waals surface area contributed by atoms with E-state index < -0.39 is 12.1 Å². The van der Waals surface area contributed by atoms with Gasteiger partial charge in [-0.05, 0) is 127 Å². The number of fused-ring (bicyclic) bond motifs is 4. The van der Waals surface area contributed by atoms with Crippen LogP contribution in [-0.4, -0.2) is 68.2 Å². The smallest absolute Gasteiger partial charge is 0.490 e. The Morgan fingerprint density at radius 1 is 0.921 bits per heavy atom. The van der Waals surface area contributed by atoms with Crippen molar-refractivity contribution in [3.63, 3.8) is 0 Å². The molecule has 0 radical (unpaired) electrons. The molecule has 4 aliphatic rings. The highest BCUT2D eigenvalue weighted by molar-refractivity contribution is 7.15. The zero-order valence-corrected chi connectivity index (χ0v) is 36.1. The van der Waals surface area contributed by atoms with E-state index in [-0.39, 0.29) is 40.6 Å². The summed E-state index contributed by atoms with van der Waals surface area (Å²) in [5.41, 5.74) is 5.21. The first kappa shape index (κ1) is 42.1. The molecule has 1 saturated heterocycles. The third-order valence-corrected chi connectivity index (χ3v) is 13.6. The average molecular weight is 874 g/mol. The van der Waals surface area contributed by atoms with Gasteiger partial charge in [0.25, 0.3) is 5.91 Å². The summed E-state index contributed by atoms with van der Waals surface area (Å²) in [5, 5.41) is 31.1. The maximum absolute atomic E-state index is 13.1. The number of nitrogens with zero attached hydrogens (tertiary/aromatic N) is 8. The van der Waals surface area contributed by atoms with E-state index in [0.717, 1.165) is 97.0 Å². The van der Waals surface area contributed by atoms with Gasteiger partial charge in [-0.25, -0.2) is 0 Å². The van der Waals surface area contributed by atoms with E-state index in [1.54, 1.807) is 23.5 Å². The molecule has 63 heavy (non-hydrogen) atoms. The number of amides is 1. The Kier molecular flexibility index (Phi) is 11.4. The van der Waals surface area contributed by atoms with Crippen LogP contribution in [0.15, 0.2) is 59.6 Å². The zero-order chi connectivity index (χ0) is 43.9. The van der Waals surface area contributed by atoms with Crippen LogP contribution in [0.25, 0.3) is 5.00 Å². The summed E-state index contributed by atoms with van der Waals surface area (Å²) in [6.45, 7) is 8.01. The second-order valence-corrected chi connectivity index (χ2v) is 18.0. The molecule has 9 rings (SSSR count). The fraction of sp³-hybridized carbons (Fsp3) is 0.426. The Morgan fingerprint density at radius 2 is 1.67 bits per heavy atom. The van der Waals surface area contributed by atoms with Gasteiger partial charge in [0.2, 0.25) is 0 Å². The lowest BCUT2D eigenvalue weighted by Gasteiger charge is -2.29. The van der Waals surface area contributed by atoms with Gasteiger partial charge in [-0.15, -0.1) is 44.9 Å². The summed E-state index contributed by atoms with van der Waals surface area (Å²) in [6.07, 6.45) is 3.03. The molecule has 16 heteroatoms. The fourth-order valence-corrected chi connectivity index (χ4v) is 9.99. The van der Waals surface area contributed by atoms with Crippen LogP contribution in [0, 0.1) is 49.9 Å². The molecule has 324 valence electrons. The van der Waals surface area contributed by atoms with E-state index in [9.17, 15) is 18.0 Å². The summed E-state index contributed by atoms with van der Waals surface area (Å²) in [7, 11) is 0. The number of nitriles is 1. The number of aryl methyl sites for hydroxylation is 2. The van der Waals surface area contributed by atoms with Crippen LogP contribution in [-0.2, 0) is 5.54 Å². The van der Waals surface area contributed by atoms with Crippen molar-refractivity contribution in [2.75, 3.05) is 18.0 Å². The lowest BCUT2D eigenvalue weighted by Crippen LogP contribution is -2.40. The third-order valence-electron chi connectivity index (χ3n) is 12.5. The molecule has 2 aliphatic heterocycles. The maximum atomic E-state index is 13.1. The Bertz CT molecular complexity index is 2650. The lowest BCUT2D eigenvalue weighted by molar-refractivity contribution is -0.274. The second kappa shape index (κ2) is 17.1. The Hall–Kier alpha value is -6.26. The van der Waals surface area contributed by atoms with Crippen molar-refractivity contribution in [3.8, 4) is 34.4 Å². The van der Waals surface area contributed by atoms with Gasteiger partial charge < -0.3 is 19.7 Å². The monoisotopic (exact) mass is 873 g/mol. The summed E-state index contributed by atoms with van der Waals surface area (Å²) >= 11 is 1.78. The molecule has 1 spiro atoms. The number of benzene rings is 2. The predicted molar refractivity (Wildman–Crippen MR) is 231 cm³/mol. The van der Waals surface area contributed by atoms with Crippen LogP contribution < -0.4 is 19.7 Å². The normalized spacial score (nSPS) is 19.5. The molecular weight excluding hydrogens is 828 g/mol. The standard InChI is InChI=1S/C47H46F3N9O3S/c1-28-29(2)63-44-41(28)42(53-46(22-23-46)45-57-54-30(3)59(44)45)33-12-10-32(11-13-33)9-8-31-6-4-24-58(25-5-7-31)40-21-20-38(55-56-40)43(60)52-35-15-18-36(19-16-35)61-37-17-14-34(27-51)39(26-37)62-47(48,49)50/h10-14,17,20-21,26,31,35-36H,4-7,15-16,18-19,22-25H2,1-3H3,(H,52,60). The van der Waals surface area contributed by atoms with Crippen LogP contribution in [0.1, 0.15) is 119 Å². The van der Waals surface area contributed by atoms with Crippen molar-refractivity contribution >= 4 is 28.8 Å². The predicted octanol–water partition coefficient (Wildman–Crippen LogP) is 8.82. The first-order chi connectivity index (χ1) is 30.4. The molecule has 12 nitrogen and oxygen atoms in total. The van der Waals surface area contributed by atoms with Crippen molar-refractivity contribution in [3.05, 3.63) is 105 Å². The summed E-state index contributed by atoms with van der Waals surface area (Å²) in [6, 6.07) is 17.5. The molecule has 3 aromatic heterocycles. The summed E-state index contributed by atoms with van der Waals surface area (Å²) < 4.78 is 50.6. The fourth-order valence-electron chi connectivity index (χ4n) is 8.79. The molecule has 2 aromatic carbocycles. The quantitative estimate of drug-likeness (QED) is 0.159. The number of hydrogen-bond acceptors (Lipinski definition) is 11. The lowest BCUT2D eigenvalue weighted by atomic mass is 9.92. The zero-order valence-electron chi connectivity index (χ0n) is 35.3. The Morgan fingerprint density at radius 3 is 2.33 bits per heavy atom. The number of halogens is 3. The second-order valence-electron chi connectivity index (χ2n) is 16.8. The number of nitrogens with one attached hydrogen (secondary N) is 1. The van der Waals surface area contributed by atoms with Crippen LogP contribution in [0.4, 0.5) is 19.0 Å². The number of aliphatic imine (C=N–C) groups is 1. The minimum absolute atomic E-state index is 0.108. The van der Waals surface area contributed by atoms with E-state index in [1.807, 2.05) is 13.0 Å². The van der Waals surface area contributed by atoms with Crippen molar-refractivity contribution in [2.45, 2.75) is 109 Å². The van der Waals surface area contributed by atoms with Crippen LogP contribution in [0.3, 0.4) is 0 Å². The number of carbonyl (C=O) groups is 1. The molecular formula is C47H46F3N9O3S. The molecule has 5 aromatic rings. The molecule has 1 amide bonds. The van der Waals surface area contributed by atoms with E-state index in [1.165, 1.54) is 28.1 Å². The molecule has 0 unspecified atom stereocenters. The SMILES string of the molecule is Cc1sc2c(c1C)C(c1ccc(C#CC3CCCN(c4ccc(C(=O)NC5CCC(Oc6ccc(C#N)c(OC(F)(F)F)c6)CC5)nn4)CCC3)cc1)=NC1(CC1)c1nnc(C)n1-2. The van der Waals surface area contributed by atoms with Crippen LogP contribution >= 0.6 is 11.3 Å². The largest absolute Gasteiger partial charge is 0.573 e. The first-order valence-corrected chi connectivity index (χ1v) is 22.3. The van der Waals surface area contributed by atoms with E-state index in [4.69, 9.17) is 15.0 Å². The number of aromatic nitrogens is 5. The molecule has 2 saturated carbocycles. The number of anilines is 1. The minimum Gasteiger partial charge on any atom is -0.490 e. The van der Waals surface area contributed by atoms with Gasteiger partial charge in [0.05, 0.1) is 17.4 Å². The number of hydrogen-bond donors (Lipinski definition) is 1. The number of thiophene rings is 1. The Labute approximate surface area is 367 Å². The highest BCUT2D eigenvalue weighted by Crippen LogP contribution is 2.53. The van der Waals surface area contributed by atoms with Gasteiger partial charge in [-0.2, -0.15) is 5.26 Å². The van der Waals surface area contributed by atoms with E-state index in [2.05, 4.69) is 89.9 Å². The first-order valence-electron chi connectivity index (χ1n) is 21.5. The van der Waals surface area contributed by atoms with Crippen molar-refractivity contribution in [2.24, 2.45) is 10.9 Å². The number of carbonyl (C=O) groups excluding carboxylic acids is 1. The van der Waals surface area contributed by atoms with Gasteiger partial charge in [0.15, 0.2) is 23.1 Å². The number of alkyl halides is 3. The average Bonchev–Trinajstić information content (AvgIpc) is 3.87. The molecule has 3 fully saturated rings. The summed E-state index contributed by atoms with van der Waals surface area (Å²) in [4.78, 5) is 22.0. The number of ether oxygens (including phenoxy) is 2.